The standard InChI is InChI=1S/C9H15N3O2/c1-9(2,8(13)14)11-6-7-10-4-5-12(7)3/h4-5,11H,6H2,1-3H3,(H,13,14). The minimum absolute atomic E-state index is 0.447. The van der Waals surface area contributed by atoms with Crippen molar-refractivity contribution in [3.63, 3.8) is 0 Å². The van der Waals surface area contributed by atoms with Gasteiger partial charge in [-0.25, -0.2) is 4.98 Å². The lowest BCUT2D eigenvalue weighted by Crippen LogP contribution is -2.46. The molecular formula is C9H15N3O2. The molecule has 0 radical (unpaired) electrons. The normalized spacial score (nSPS) is 11.6. The van der Waals surface area contributed by atoms with Crippen molar-refractivity contribution < 1.29 is 9.90 Å². The molecule has 1 heterocycles. The van der Waals surface area contributed by atoms with E-state index in [1.165, 1.54) is 0 Å². The highest BCUT2D eigenvalue weighted by molar-refractivity contribution is 5.77. The Kier molecular flexibility index (Phi) is 2.90. The van der Waals surface area contributed by atoms with Gasteiger partial charge in [-0.3, -0.25) is 10.1 Å². The van der Waals surface area contributed by atoms with E-state index in [1.54, 1.807) is 20.0 Å². The second-order valence-corrected chi connectivity index (χ2v) is 3.74. The molecule has 1 aromatic heterocycles. The first-order valence-corrected chi connectivity index (χ1v) is 4.38. The number of aliphatic carboxylic acids is 1. The summed E-state index contributed by atoms with van der Waals surface area (Å²) in [5, 5.41) is 11.8. The lowest BCUT2D eigenvalue weighted by atomic mass is 10.1. The largest absolute Gasteiger partial charge is 0.480 e. The van der Waals surface area contributed by atoms with Crippen LogP contribution in [0.1, 0.15) is 19.7 Å². The minimum Gasteiger partial charge on any atom is -0.480 e. The molecule has 0 saturated heterocycles. The van der Waals surface area contributed by atoms with Crippen molar-refractivity contribution in [2.75, 3.05) is 0 Å². The van der Waals surface area contributed by atoms with E-state index in [4.69, 9.17) is 5.11 Å². The van der Waals surface area contributed by atoms with Crippen LogP contribution in [0.2, 0.25) is 0 Å². The Morgan fingerprint density at radius 3 is 2.79 bits per heavy atom. The van der Waals surface area contributed by atoms with Crippen molar-refractivity contribution >= 4 is 5.97 Å². The first kappa shape index (κ1) is 10.7. The van der Waals surface area contributed by atoms with Gasteiger partial charge in [0.15, 0.2) is 0 Å². The van der Waals surface area contributed by atoms with Gasteiger partial charge in [-0.2, -0.15) is 0 Å². The van der Waals surface area contributed by atoms with Crippen LogP contribution >= 0.6 is 0 Å². The number of hydrogen-bond acceptors (Lipinski definition) is 3. The van der Waals surface area contributed by atoms with Crippen molar-refractivity contribution in [2.24, 2.45) is 7.05 Å². The van der Waals surface area contributed by atoms with Crippen LogP contribution in [-0.4, -0.2) is 26.2 Å². The van der Waals surface area contributed by atoms with Gasteiger partial charge < -0.3 is 9.67 Å². The fourth-order valence-electron chi connectivity index (χ4n) is 0.942. The Labute approximate surface area is 82.8 Å². The average Bonchev–Trinajstić information content (AvgIpc) is 2.47. The maximum atomic E-state index is 10.8. The number of carbonyl (C=O) groups is 1. The Bertz CT molecular complexity index is 331. The summed E-state index contributed by atoms with van der Waals surface area (Å²) in [4.78, 5) is 14.9. The second-order valence-electron chi connectivity index (χ2n) is 3.74. The number of carboxylic acids is 1. The molecule has 0 spiro atoms. The molecule has 2 N–H and O–H groups in total. The number of aromatic nitrogens is 2. The smallest absolute Gasteiger partial charge is 0.323 e. The van der Waals surface area contributed by atoms with Crippen LogP contribution in [-0.2, 0) is 18.4 Å². The Balaban J connectivity index is 2.57. The van der Waals surface area contributed by atoms with Gasteiger partial charge in [-0.05, 0) is 13.8 Å². The lowest BCUT2D eigenvalue weighted by molar-refractivity contribution is -0.143. The lowest BCUT2D eigenvalue weighted by Gasteiger charge is -2.20. The summed E-state index contributed by atoms with van der Waals surface area (Å²) in [6.07, 6.45) is 3.51. The number of rotatable bonds is 4. The third-order valence-electron chi connectivity index (χ3n) is 2.14. The summed E-state index contributed by atoms with van der Waals surface area (Å²) < 4.78 is 1.85. The van der Waals surface area contributed by atoms with Crippen LogP contribution in [0, 0.1) is 0 Å². The molecule has 0 atom stereocenters. The van der Waals surface area contributed by atoms with Gasteiger partial charge in [0.25, 0.3) is 0 Å². The van der Waals surface area contributed by atoms with E-state index in [0.717, 1.165) is 5.82 Å². The molecule has 0 amide bonds. The zero-order valence-corrected chi connectivity index (χ0v) is 8.61. The van der Waals surface area contributed by atoms with Gasteiger partial charge >= 0.3 is 5.97 Å². The fourth-order valence-corrected chi connectivity index (χ4v) is 0.942. The Morgan fingerprint density at radius 2 is 2.36 bits per heavy atom. The maximum absolute atomic E-state index is 10.8. The van der Waals surface area contributed by atoms with Crippen LogP contribution in [0.3, 0.4) is 0 Å². The van der Waals surface area contributed by atoms with Crippen LogP contribution < -0.4 is 5.32 Å². The molecule has 0 saturated carbocycles. The molecular weight excluding hydrogens is 182 g/mol. The number of aryl methyl sites for hydroxylation is 1. The zero-order valence-electron chi connectivity index (χ0n) is 8.61. The molecule has 14 heavy (non-hydrogen) atoms. The Morgan fingerprint density at radius 1 is 1.71 bits per heavy atom. The van der Waals surface area contributed by atoms with Gasteiger partial charge in [0.05, 0.1) is 6.54 Å². The molecule has 0 fully saturated rings. The van der Waals surface area contributed by atoms with Gasteiger partial charge in [0, 0.05) is 19.4 Å². The van der Waals surface area contributed by atoms with E-state index in [0.29, 0.717) is 6.54 Å². The molecule has 5 nitrogen and oxygen atoms in total. The van der Waals surface area contributed by atoms with E-state index in [2.05, 4.69) is 10.3 Å². The zero-order chi connectivity index (χ0) is 10.8. The molecule has 0 aliphatic rings. The van der Waals surface area contributed by atoms with Crippen molar-refractivity contribution in [2.45, 2.75) is 25.9 Å². The summed E-state index contributed by atoms with van der Waals surface area (Å²) in [7, 11) is 1.87. The predicted octanol–water partition coefficient (Wildman–Crippen LogP) is 0.373. The minimum atomic E-state index is -0.925. The molecule has 78 valence electrons. The van der Waals surface area contributed by atoms with Gasteiger partial charge in [-0.1, -0.05) is 0 Å². The molecule has 0 bridgehead atoms. The first-order valence-electron chi connectivity index (χ1n) is 4.38. The molecule has 1 aromatic rings. The second kappa shape index (κ2) is 3.79. The highest BCUT2D eigenvalue weighted by Gasteiger charge is 2.26. The summed E-state index contributed by atoms with van der Waals surface area (Å²) in [5.41, 5.74) is -0.925. The highest BCUT2D eigenvalue weighted by Crippen LogP contribution is 2.03. The summed E-state index contributed by atoms with van der Waals surface area (Å²) in [6.45, 7) is 3.69. The fraction of sp³-hybridized carbons (Fsp3) is 0.556. The van der Waals surface area contributed by atoms with Crippen molar-refractivity contribution in [3.05, 3.63) is 18.2 Å². The van der Waals surface area contributed by atoms with Gasteiger partial charge in [-0.15, -0.1) is 0 Å². The number of nitrogens with zero attached hydrogens (tertiary/aromatic N) is 2. The van der Waals surface area contributed by atoms with Crippen LogP contribution in [0.5, 0.6) is 0 Å². The van der Waals surface area contributed by atoms with Crippen LogP contribution in [0.15, 0.2) is 12.4 Å². The van der Waals surface area contributed by atoms with E-state index in [1.807, 2.05) is 17.8 Å². The number of imidazole rings is 1. The molecule has 0 aromatic carbocycles. The topological polar surface area (TPSA) is 67.2 Å². The molecule has 0 aliphatic carbocycles. The molecule has 0 aliphatic heterocycles. The predicted molar refractivity (Wildman–Crippen MR) is 51.8 cm³/mol. The van der Waals surface area contributed by atoms with E-state index >= 15 is 0 Å². The van der Waals surface area contributed by atoms with E-state index < -0.39 is 11.5 Å². The van der Waals surface area contributed by atoms with Crippen LogP contribution in [0.4, 0.5) is 0 Å². The van der Waals surface area contributed by atoms with Gasteiger partial charge in [0.1, 0.15) is 11.4 Å². The van der Waals surface area contributed by atoms with Gasteiger partial charge in [0.2, 0.25) is 0 Å². The summed E-state index contributed by atoms with van der Waals surface area (Å²) in [5.74, 6) is -0.0500. The molecule has 0 unspecified atom stereocenters. The average molecular weight is 197 g/mol. The first-order chi connectivity index (χ1) is 6.43. The molecule has 5 heteroatoms. The summed E-state index contributed by atoms with van der Waals surface area (Å²) in [6, 6.07) is 0. The SMILES string of the molecule is Cn1ccnc1CNC(C)(C)C(=O)O. The third kappa shape index (κ3) is 2.32. The highest BCUT2D eigenvalue weighted by atomic mass is 16.4. The quantitative estimate of drug-likeness (QED) is 0.732. The van der Waals surface area contributed by atoms with Crippen molar-refractivity contribution in [1.82, 2.24) is 14.9 Å². The van der Waals surface area contributed by atoms with Crippen molar-refractivity contribution in [3.8, 4) is 0 Å². The summed E-state index contributed by atoms with van der Waals surface area (Å²) >= 11 is 0. The molecule has 1 rings (SSSR count). The number of hydrogen-bond donors (Lipinski definition) is 2. The van der Waals surface area contributed by atoms with Crippen LogP contribution in [0.25, 0.3) is 0 Å². The maximum Gasteiger partial charge on any atom is 0.323 e. The number of nitrogens with one attached hydrogen (secondary N) is 1. The van der Waals surface area contributed by atoms with Crippen molar-refractivity contribution in [1.29, 1.82) is 0 Å². The Hall–Kier alpha value is -1.36. The van der Waals surface area contributed by atoms with E-state index in [9.17, 15) is 4.79 Å². The third-order valence-corrected chi connectivity index (χ3v) is 2.14. The van der Waals surface area contributed by atoms with E-state index in [-0.39, 0.29) is 0 Å². The number of carboxylic acid groups (broad SMARTS) is 1. The monoisotopic (exact) mass is 197 g/mol.